The highest BCUT2D eigenvalue weighted by Crippen LogP contribution is 2.49. The van der Waals surface area contributed by atoms with Crippen molar-refractivity contribution in [3.8, 4) is 55.8 Å². The minimum Gasteiger partial charge on any atom is -0.311 e. The second-order valence-corrected chi connectivity index (χ2v) is 15.3. The molecule has 0 fully saturated rings. The van der Waals surface area contributed by atoms with Crippen LogP contribution in [0.5, 0.6) is 0 Å². The predicted octanol–water partition coefficient (Wildman–Crippen LogP) is 16.1. The highest BCUT2D eigenvalue weighted by molar-refractivity contribution is 6.20. The Morgan fingerprint density at radius 2 is 0.600 bits per heavy atom. The van der Waals surface area contributed by atoms with Crippen molar-refractivity contribution in [2.24, 2.45) is 0 Å². The Morgan fingerprint density at radius 1 is 0.250 bits per heavy atom. The number of benzene rings is 9. The third kappa shape index (κ3) is 6.14. The summed E-state index contributed by atoms with van der Waals surface area (Å²) < 4.78 is 2.53. The fraction of sp³-hybridized carbons (Fsp3) is 0. The molecule has 0 saturated heterocycles. The maximum atomic E-state index is 2.53. The van der Waals surface area contributed by atoms with Crippen molar-refractivity contribution < 1.29 is 0 Å². The lowest BCUT2D eigenvalue weighted by molar-refractivity contribution is 1.27. The van der Waals surface area contributed by atoms with Gasteiger partial charge in [0, 0.05) is 39.0 Å². The van der Waals surface area contributed by atoms with E-state index in [1.165, 1.54) is 77.4 Å². The number of para-hydroxylation sites is 1. The Morgan fingerprint density at radius 3 is 1.08 bits per heavy atom. The zero-order valence-corrected chi connectivity index (χ0v) is 33.0. The Labute approximate surface area is 350 Å². The van der Waals surface area contributed by atoms with E-state index in [4.69, 9.17) is 0 Å². The third-order valence-electron chi connectivity index (χ3n) is 11.8. The molecule has 11 aromatic rings. The molecule has 0 N–H and O–H groups in total. The summed E-state index contributed by atoms with van der Waals surface area (Å²) in [7, 11) is 0. The molecule has 2 nitrogen and oxygen atoms in total. The minimum absolute atomic E-state index is 1.08. The van der Waals surface area contributed by atoms with Crippen LogP contribution in [0.4, 0.5) is 17.1 Å². The van der Waals surface area contributed by atoms with E-state index in [0.29, 0.717) is 0 Å². The molecule has 0 amide bonds. The quantitative estimate of drug-likeness (QED) is 0.140. The Balaban J connectivity index is 1.13. The number of pyridine rings is 1. The summed E-state index contributed by atoms with van der Waals surface area (Å²) in [5.74, 6) is 0. The van der Waals surface area contributed by atoms with Gasteiger partial charge in [0.05, 0.1) is 16.7 Å². The topological polar surface area (TPSA) is 7.65 Å². The van der Waals surface area contributed by atoms with Crippen molar-refractivity contribution in [2.45, 2.75) is 0 Å². The summed E-state index contributed by atoms with van der Waals surface area (Å²) in [5.41, 5.74) is 17.6. The first-order chi connectivity index (χ1) is 29.8. The lowest BCUT2D eigenvalue weighted by Crippen LogP contribution is -2.09. The number of fused-ring (bicyclic) bond motifs is 6. The smallest absolute Gasteiger partial charge is 0.0626 e. The number of rotatable bonds is 8. The monoisotopic (exact) mass is 764 g/mol. The normalized spacial score (nSPS) is 11.3. The molecule has 60 heavy (non-hydrogen) atoms. The van der Waals surface area contributed by atoms with E-state index in [1.54, 1.807) is 0 Å². The molecular weight excluding hydrogens is 725 g/mol. The van der Waals surface area contributed by atoms with Crippen LogP contribution in [0.1, 0.15) is 0 Å². The largest absolute Gasteiger partial charge is 0.311 e. The molecule has 2 heteroatoms. The molecule has 0 aliphatic rings. The summed E-state index contributed by atoms with van der Waals surface area (Å²) in [6.45, 7) is 0. The summed E-state index contributed by atoms with van der Waals surface area (Å²) in [5, 5.41) is 3.72. The number of nitrogens with zero attached hydrogens (tertiary/aromatic N) is 2. The number of aromatic nitrogens is 1. The van der Waals surface area contributed by atoms with Crippen LogP contribution in [0.25, 0.3) is 83.0 Å². The molecule has 2 heterocycles. The van der Waals surface area contributed by atoms with E-state index >= 15 is 0 Å². The molecule has 0 aliphatic heterocycles. The first kappa shape index (κ1) is 35.2. The lowest BCUT2D eigenvalue weighted by atomic mass is 9.92. The maximum Gasteiger partial charge on any atom is 0.0626 e. The van der Waals surface area contributed by atoms with Crippen molar-refractivity contribution in [1.29, 1.82) is 0 Å². The van der Waals surface area contributed by atoms with Crippen LogP contribution in [-0.2, 0) is 0 Å². The lowest BCUT2D eigenvalue weighted by Gasteiger charge is -2.26. The molecular formula is C58H40N2. The SMILES string of the molecule is c1ccc(-c2ccc(N(c3ccc(-c4ccccc4)cc3)c3ccc(-c4c(-c5ccccc5)c(-c5ccccc5)c5c6ccccc6c6ccccc6n45)cc3)cc2)cc1. The Bertz CT molecular complexity index is 3160. The summed E-state index contributed by atoms with van der Waals surface area (Å²) in [6, 6.07) is 87.8. The molecule has 0 radical (unpaired) electrons. The van der Waals surface area contributed by atoms with Crippen LogP contribution in [0.3, 0.4) is 0 Å². The van der Waals surface area contributed by atoms with E-state index in [-0.39, 0.29) is 0 Å². The van der Waals surface area contributed by atoms with Gasteiger partial charge in [-0.2, -0.15) is 0 Å². The summed E-state index contributed by atoms with van der Waals surface area (Å²) in [6.07, 6.45) is 0. The summed E-state index contributed by atoms with van der Waals surface area (Å²) >= 11 is 0. The van der Waals surface area contributed by atoms with Gasteiger partial charge in [0.1, 0.15) is 0 Å². The van der Waals surface area contributed by atoms with Gasteiger partial charge in [-0.1, -0.05) is 200 Å². The average Bonchev–Trinajstić information content (AvgIpc) is 3.70. The zero-order chi connectivity index (χ0) is 39.8. The predicted molar refractivity (Wildman–Crippen MR) is 254 cm³/mol. The van der Waals surface area contributed by atoms with Gasteiger partial charge in [-0.05, 0) is 86.8 Å². The van der Waals surface area contributed by atoms with E-state index in [1.807, 2.05) is 0 Å². The van der Waals surface area contributed by atoms with Gasteiger partial charge in [0.2, 0.25) is 0 Å². The molecule has 0 bridgehead atoms. The van der Waals surface area contributed by atoms with Gasteiger partial charge >= 0.3 is 0 Å². The van der Waals surface area contributed by atoms with Crippen LogP contribution in [0.15, 0.2) is 243 Å². The molecule has 0 saturated carbocycles. The molecule has 0 unspecified atom stereocenters. The number of hydrogen-bond acceptors (Lipinski definition) is 1. The fourth-order valence-corrected chi connectivity index (χ4v) is 9.02. The fourth-order valence-electron chi connectivity index (χ4n) is 9.02. The van der Waals surface area contributed by atoms with E-state index in [0.717, 1.165) is 22.6 Å². The summed E-state index contributed by atoms with van der Waals surface area (Å²) in [4.78, 5) is 2.36. The number of hydrogen-bond donors (Lipinski definition) is 0. The van der Waals surface area contributed by atoms with E-state index in [2.05, 4.69) is 252 Å². The standard InChI is InChI=1S/C58H40N2/c1-5-17-41(18-6-1)43-29-35-48(36-30-43)59(49-37-31-44(32-38-49)42-19-7-2-8-20-42)50-39-33-47(34-40-50)57-55(45-21-9-3-10-22-45)56(46-23-11-4-12-24-46)58-53-27-14-13-25-51(53)52-26-15-16-28-54(52)60(57)58/h1-40H. The molecule has 0 aliphatic carbocycles. The van der Waals surface area contributed by atoms with Gasteiger partial charge < -0.3 is 9.30 Å². The molecule has 2 aromatic heterocycles. The molecule has 282 valence electrons. The first-order valence-electron chi connectivity index (χ1n) is 20.6. The molecule has 0 spiro atoms. The maximum absolute atomic E-state index is 2.53. The molecule has 0 atom stereocenters. The van der Waals surface area contributed by atoms with Crippen LogP contribution in [-0.4, -0.2) is 4.40 Å². The molecule has 9 aromatic carbocycles. The average molecular weight is 765 g/mol. The van der Waals surface area contributed by atoms with Crippen molar-refractivity contribution in [3.05, 3.63) is 243 Å². The van der Waals surface area contributed by atoms with Crippen molar-refractivity contribution >= 4 is 44.3 Å². The molecule has 11 rings (SSSR count). The van der Waals surface area contributed by atoms with Crippen LogP contribution in [0.2, 0.25) is 0 Å². The van der Waals surface area contributed by atoms with Crippen LogP contribution in [0, 0.1) is 0 Å². The third-order valence-corrected chi connectivity index (χ3v) is 11.8. The van der Waals surface area contributed by atoms with Gasteiger partial charge in [-0.25, -0.2) is 0 Å². The van der Waals surface area contributed by atoms with E-state index < -0.39 is 0 Å². The van der Waals surface area contributed by atoms with Crippen LogP contribution >= 0.6 is 0 Å². The minimum atomic E-state index is 1.08. The Hall–Kier alpha value is -7.94. The van der Waals surface area contributed by atoms with Crippen molar-refractivity contribution in [1.82, 2.24) is 4.40 Å². The second-order valence-electron chi connectivity index (χ2n) is 15.3. The highest BCUT2D eigenvalue weighted by Gasteiger charge is 2.26. The van der Waals surface area contributed by atoms with Gasteiger partial charge in [-0.15, -0.1) is 0 Å². The van der Waals surface area contributed by atoms with Gasteiger partial charge in [0.25, 0.3) is 0 Å². The second kappa shape index (κ2) is 15.1. The first-order valence-corrected chi connectivity index (χ1v) is 20.6. The highest BCUT2D eigenvalue weighted by atomic mass is 15.1. The number of anilines is 3. The van der Waals surface area contributed by atoms with Crippen LogP contribution < -0.4 is 4.90 Å². The zero-order valence-electron chi connectivity index (χ0n) is 33.0. The van der Waals surface area contributed by atoms with Crippen molar-refractivity contribution in [3.63, 3.8) is 0 Å². The van der Waals surface area contributed by atoms with Gasteiger partial charge in [-0.3, -0.25) is 0 Å². The van der Waals surface area contributed by atoms with Crippen molar-refractivity contribution in [2.75, 3.05) is 4.90 Å². The van der Waals surface area contributed by atoms with E-state index in [9.17, 15) is 0 Å². The van der Waals surface area contributed by atoms with Gasteiger partial charge in [0.15, 0.2) is 0 Å². The Kier molecular flexibility index (Phi) is 8.87.